The van der Waals surface area contributed by atoms with Crippen molar-refractivity contribution in [3.8, 4) is 0 Å². The highest BCUT2D eigenvalue weighted by Crippen LogP contribution is 2.43. The standard InChI is InChI=1S/C17H16O5/c1-3-21-16(20)11-8-22-15-13(11)17(2,9-18)12-7-5-4-6-10(12)14(15)19/h4-8,18H,3,9H2,1-2H3/t17-/m1/s1. The van der Waals surface area contributed by atoms with Crippen LogP contribution in [0.25, 0.3) is 0 Å². The highest BCUT2D eigenvalue weighted by molar-refractivity contribution is 6.13. The van der Waals surface area contributed by atoms with Crippen molar-refractivity contribution >= 4 is 11.8 Å². The molecule has 0 amide bonds. The zero-order valence-corrected chi connectivity index (χ0v) is 12.4. The zero-order chi connectivity index (χ0) is 15.9. The van der Waals surface area contributed by atoms with E-state index in [4.69, 9.17) is 9.15 Å². The van der Waals surface area contributed by atoms with Crippen LogP contribution in [0.2, 0.25) is 0 Å². The Morgan fingerprint density at radius 2 is 2.09 bits per heavy atom. The maximum Gasteiger partial charge on any atom is 0.341 e. The third-order valence-electron chi connectivity index (χ3n) is 4.13. The molecule has 1 aliphatic carbocycles. The van der Waals surface area contributed by atoms with Crippen LogP contribution >= 0.6 is 0 Å². The zero-order valence-electron chi connectivity index (χ0n) is 12.4. The van der Waals surface area contributed by atoms with Crippen molar-refractivity contribution in [2.45, 2.75) is 19.3 Å². The van der Waals surface area contributed by atoms with E-state index >= 15 is 0 Å². The van der Waals surface area contributed by atoms with Gasteiger partial charge in [0.25, 0.3) is 0 Å². The minimum atomic E-state index is -0.894. The molecule has 114 valence electrons. The normalized spacial score (nSPS) is 19.5. The average molecular weight is 300 g/mol. The number of aliphatic hydroxyl groups is 1. The van der Waals surface area contributed by atoms with Crippen molar-refractivity contribution < 1.29 is 23.8 Å². The number of carbonyl (C=O) groups excluding carboxylic acids is 2. The topological polar surface area (TPSA) is 76.7 Å². The second-order valence-corrected chi connectivity index (χ2v) is 5.44. The molecule has 0 saturated carbocycles. The van der Waals surface area contributed by atoms with Gasteiger partial charge in [-0.05, 0) is 19.4 Å². The van der Waals surface area contributed by atoms with E-state index in [0.717, 1.165) is 0 Å². The first kappa shape index (κ1) is 14.5. The van der Waals surface area contributed by atoms with Gasteiger partial charge in [0.15, 0.2) is 5.76 Å². The van der Waals surface area contributed by atoms with E-state index in [1.54, 1.807) is 38.1 Å². The van der Waals surface area contributed by atoms with Gasteiger partial charge in [0, 0.05) is 16.5 Å². The number of rotatable bonds is 3. The molecule has 2 aromatic rings. The molecule has 0 aliphatic heterocycles. The highest BCUT2D eigenvalue weighted by Gasteiger charge is 2.45. The highest BCUT2D eigenvalue weighted by atomic mass is 16.5. The molecule has 0 radical (unpaired) electrons. The SMILES string of the molecule is CCOC(=O)c1coc2c1[C@](C)(CO)c1ccccc1C2=O. The molecule has 1 aromatic heterocycles. The van der Waals surface area contributed by atoms with Gasteiger partial charge in [-0.25, -0.2) is 4.79 Å². The fraction of sp³-hybridized carbons (Fsp3) is 0.294. The van der Waals surface area contributed by atoms with Crippen LogP contribution in [0.5, 0.6) is 0 Å². The molecule has 1 aromatic carbocycles. The summed E-state index contributed by atoms with van der Waals surface area (Å²) in [5.74, 6) is -0.746. The van der Waals surface area contributed by atoms with Crippen molar-refractivity contribution in [3.05, 3.63) is 58.5 Å². The first-order valence-corrected chi connectivity index (χ1v) is 7.08. The van der Waals surface area contributed by atoms with Crippen molar-refractivity contribution in [2.75, 3.05) is 13.2 Å². The van der Waals surface area contributed by atoms with E-state index in [2.05, 4.69) is 0 Å². The Kier molecular flexibility index (Phi) is 3.37. The van der Waals surface area contributed by atoms with E-state index < -0.39 is 11.4 Å². The van der Waals surface area contributed by atoms with E-state index in [0.29, 0.717) is 16.7 Å². The lowest BCUT2D eigenvalue weighted by Gasteiger charge is -2.33. The van der Waals surface area contributed by atoms with Crippen LogP contribution in [-0.2, 0) is 10.2 Å². The Hall–Kier alpha value is -2.40. The number of ketones is 1. The maximum absolute atomic E-state index is 12.6. The van der Waals surface area contributed by atoms with Crippen molar-refractivity contribution in [2.24, 2.45) is 0 Å². The van der Waals surface area contributed by atoms with Gasteiger partial charge in [0.05, 0.1) is 13.2 Å². The van der Waals surface area contributed by atoms with Gasteiger partial charge in [-0.15, -0.1) is 0 Å². The van der Waals surface area contributed by atoms with Gasteiger partial charge < -0.3 is 14.3 Å². The summed E-state index contributed by atoms with van der Waals surface area (Å²) >= 11 is 0. The van der Waals surface area contributed by atoms with Crippen LogP contribution in [0.15, 0.2) is 34.9 Å². The van der Waals surface area contributed by atoms with Crippen LogP contribution < -0.4 is 0 Å². The summed E-state index contributed by atoms with van der Waals surface area (Å²) in [6, 6.07) is 7.04. The molecule has 5 heteroatoms. The minimum Gasteiger partial charge on any atom is -0.462 e. The fourth-order valence-corrected chi connectivity index (χ4v) is 3.02. The Bertz CT molecular complexity index is 758. The summed E-state index contributed by atoms with van der Waals surface area (Å²) in [5.41, 5.74) is 0.862. The fourth-order valence-electron chi connectivity index (χ4n) is 3.02. The number of hydrogen-bond donors (Lipinski definition) is 1. The number of benzene rings is 1. The molecule has 22 heavy (non-hydrogen) atoms. The van der Waals surface area contributed by atoms with Gasteiger partial charge in [-0.2, -0.15) is 0 Å². The third kappa shape index (κ3) is 1.82. The molecule has 0 saturated heterocycles. The molecule has 5 nitrogen and oxygen atoms in total. The molecule has 1 N–H and O–H groups in total. The Labute approximate surface area is 127 Å². The summed E-state index contributed by atoms with van der Waals surface area (Å²) in [6.07, 6.45) is 1.24. The Morgan fingerprint density at radius 3 is 2.77 bits per heavy atom. The Balaban J connectivity index is 2.27. The molecule has 3 rings (SSSR count). The lowest BCUT2D eigenvalue weighted by Crippen LogP contribution is -2.37. The molecule has 0 fully saturated rings. The first-order valence-electron chi connectivity index (χ1n) is 7.08. The van der Waals surface area contributed by atoms with Crippen molar-refractivity contribution in [1.82, 2.24) is 0 Å². The van der Waals surface area contributed by atoms with Crippen LogP contribution in [0.4, 0.5) is 0 Å². The molecule has 1 aliphatic rings. The molecule has 1 heterocycles. The van der Waals surface area contributed by atoms with Crippen molar-refractivity contribution in [1.29, 1.82) is 0 Å². The quantitative estimate of drug-likeness (QED) is 0.880. The van der Waals surface area contributed by atoms with Gasteiger partial charge in [0.2, 0.25) is 5.78 Å². The smallest absolute Gasteiger partial charge is 0.341 e. The molecule has 0 bridgehead atoms. The Morgan fingerprint density at radius 1 is 1.36 bits per heavy atom. The average Bonchev–Trinajstić information content (AvgIpc) is 2.99. The largest absolute Gasteiger partial charge is 0.462 e. The number of furan rings is 1. The number of hydrogen-bond acceptors (Lipinski definition) is 5. The summed E-state index contributed by atoms with van der Waals surface area (Å²) in [6.45, 7) is 3.46. The molecule has 0 spiro atoms. The number of ether oxygens (including phenoxy) is 1. The predicted molar refractivity (Wildman–Crippen MR) is 78.1 cm³/mol. The summed E-state index contributed by atoms with van der Waals surface area (Å²) in [7, 11) is 0. The third-order valence-corrected chi connectivity index (χ3v) is 4.13. The lowest BCUT2D eigenvalue weighted by atomic mass is 9.69. The molecular weight excluding hydrogens is 284 g/mol. The number of carbonyl (C=O) groups is 2. The van der Waals surface area contributed by atoms with E-state index in [-0.39, 0.29) is 30.3 Å². The summed E-state index contributed by atoms with van der Waals surface area (Å²) in [5, 5.41) is 9.98. The van der Waals surface area contributed by atoms with E-state index in [9.17, 15) is 14.7 Å². The van der Waals surface area contributed by atoms with Gasteiger partial charge >= 0.3 is 5.97 Å². The second-order valence-electron chi connectivity index (χ2n) is 5.44. The number of aliphatic hydroxyl groups excluding tert-OH is 1. The van der Waals surface area contributed by atoms with Crippen LogP contribution in [-0.4, -0.2) is 30.1 Å². The van der Waals surface area contributed by atoms with Gasteiger partial charge in [-0.1, -0.05) is 24.3 Å². The first-order chi connectivity index (χ1) is 10.5. The van der Waals surface area contributed by atoms with Crippen LogP contribution in [0.1, 0.15) is 51.5 Å². The minimum absolute atomic E-state index is 0.0957. The van der Waals surface area contributed by atoms with Crippen LogP contribution in [0, 0.1) is 0 Å². The summed E-state index contributed by atoms with van der Waals surface area (Å²) in [4.78, 5) is 24.7. The van der Waals surface area contributed by atoms with Gasteiger partial charge in [0.1, 0.15) is 11.8 Å². The second kappa shape index (κ2) is 5.10. The monoisotopic (exact) mass is 300 g/mol. The number of fused-ring (bicyclic) bond motifs is 2. The van der Waals surface area contributed by atoms with Gasteiger partial charge in [-0.3, -0.25) is 4.79 Å². The predicted octanol–water partition coefficient (Wildman–Crippen LogP) is 2.30. The van der Waals surface area contributed by atoms with Crippen LogP contribution in [0.3, 0.4) is 0 Å². The molecular formula is C17H16O5. The lowest BCUT2D eigenvalue weighted by molar-refractivity contribution is 0.0522. The number of esters is 1. The molecule has 1 atom stereocenters. The van der Waals surface area contributed by atoms with E-state index in [1.165, 1.54) is 6.26 Å². The molecule has 0 unspecified atom stereocenters. The maximum atomic E-state index is 12.6. The summed E-state index contributed by atoms with van der Waals surface area (Å²) < 4.78 is 10.4. The van der Waals surface area contributed by atoms with Crippen molar-refractivity contribution in [3.63, 3.8) is 0 Å². The van der Waals surface area contributed by atoms with E-state index in [1.807, 2.05) is 0 Å².